The van der Waals surface area contributed by atoms with E-state index in [1.54, 1.807) is 12.4 Å². The molecule has 1 heterocycles. The van der Waals surface area contributed by atoms with Crippen molar-refractivity contribution in [3.63, 3.8) is 0 Å². The summed E-state index contributed by atoms with van der Waals surface area (Å²) in [6.07, 6.45) is 3.51. The van der Waals surface area contributed by atoms with Crippen LogP contribution in [0.2, 0.25) is 0 Å². The number of hydrogen-bond donors (Lipinski definition) is 0. The Kier molecular flexibility index (Phi) is 1.67. The van der Waals surface area contributed by atoms with Gasteiger partial charge in [-0.3, -0.25) is 4.99 Å². The Morgan fingerprint density at radius 3 is 3.00 bits per heavy atom. The zero-order chi connectivity index (χ0) is 8.39. The van der Waals surface area contributed by atoms with Crippen LogP contribution in [0.15, 0.2) is 41.2 Å². The smallest absolute Gasteiger partial charge is 0.135 e. The van der Waals surface area contributed by atoms with Crippen molar-refractivity contribution in [2.45, 2.75) is 6.92 Å². The van der Waals surface area contributed by atoms with Crippen molar-refractivity contribution in [2.75, 3.05) is 0 Å². The molecule has 0 saturated heterocycles. The normalized spacial score (nSPS) is 14.2. The average molecular weight is 159 g/mol. The largest absolute Gasteiger partial charge is 0.460 e. The molecule has 0 aromatic heterocycles. The molecule has 60 valence electrons. The molecule has 0 bridgehead atoms. The highest BCUT2D eigenvalue weighted by Gasteiger charge is 2.03. The Balaban J connectivity index is 2.49. The Morgan fingerprint density at radius 1 is 1.25 bits per heavy atom. The fraction of sp³-hybridized carbons (Fsp3) is 0.100. The molecule has 2 rings (SSSR count). The van der Waals surface area contributed by atoms with Gasteiger partial charge >= 0.3 is 0 Å². The summed E-state index contributed by atoms with van der Waals surface area (Å²) in [7, 11) is 0. The van der Waals surface area contributed by atoms with Gasteiger partial charge in [0, 0.05) is 11.8 Å². The van der Waals surface area contributed by atoms with Gasteiger partial charge in [0.05, 0.1) is 6.20 Å². The predicted molar refractivity (Wildman–Crippen MR) is 48.4 cm³/mol. The van der Waals surface area contributed by atoms with Gasteiger partial charge in [-0.25, -0.2) is 0 Å². The number of rotatable bonds is 0. The lowest BCUT2D eigenvalue weighted by Gasteiger charge is -2.04. The SMILES string of the molecule is CC1=CN=Cc2ccccc2O1. The average Bonchev–Trinajstić information content (AvgIpc) is 2.25. The lowest BCUT2D eigenvalue weighted by molar-refractivity contribution is 0.427. The molecule has 0 saturated carbocycles. The van der Waals surface area contributed by atoms with Crippen LogP contribution in [0.25, 0.3) is 0 Å². The minimum atomic E-state index is 0.816. The van der Waals surface area contributed by atoms with Gasteiger partial charge in [-0.1, -0.05) is 12.1 Å². The Bertz CT molecular complexity index is 353. The second-order valence-electron chi connectivity index (χ2n) is 2.66. The van der Waals surface area contributed by atoms with E-state index in [0.717, 1.165) is 17.1 Å². The molecule has 0 fully saturated rings. The van der Waals surface area contributed by atoms with Crippen LogP contribution >= 0.6 is 0 Å². The molecule has 2 nitrogen and oxygen atoms in total. The molecule has 0 aliphatic carbocycles. The lowest BCUT2D eigenvalue weighted by atomic mass is 10.2. The van der Waals surface area contributed by atoms with Crippen LogP contribution in [0.3, 0.4) is 0 Å². The first-order valence-electron chi connectivity index (χ1n) is 3.83. The van der Waals surface area contributed by atoms with Crippen LogP contribution in [0.4, 0.5) is 0 Å². The summed E-state index contributed by atoms with van der Waals surface area (Å²) in [6.45, 7) is 1.89. The number of nitrogens with zero attached hydrogens (tertiary/aromatic N) is 1. The number of para-hydroxylation sites is 1. The minimum absolute atomic E-state index is 0.816. The van der Waals surface area contributed by atoms with E-state index in [0.29, 0.717) is 0 Å². The molecule has 0 atom stereocenters. The van der Waals surface area contributed by atoms with E-state index in [4.69, 9.17) is 4.74 Å². The first-order valence-corrected chi connectivity index (χ1v) is 3.83. The fourth-order valence-electron chi connectivity index (χ4n) is 1.10. The quantitative estimate of drug-likeness (QED) is 0.569. The van der Waals surface area contributed by atoms with Crippen LogP contribution in [-0.2, 0) is 0 Å². The molecular formula is C10H9NO. The fourth-order valence-corrected chi connectivity index (χ4v) is 1.10. The summed E-state index contributed by atoms with van der Waals surface area (Å²) < 4.78 is 5.49. The van der Waals surface area contributed by atoms with Crippen LogP contribution in [0, 0.1) is 0 Å². The summed E-state index contributed by atoms with van der Waals surface area (Å²) in [6, 6.07) is 7.83. The summed E-state index contributed by atoms with van der Waals surface area (Å²) in [5, 5.41) is 0. The summed E-state index contributed by atoms with van der Waals surface area (Å²) >= 11 is 0. The van der Waals surface area contributed by atoms with Crippen molar-refractivity contribution < 1.29 is 4.74 Å². The maximum Gasteiger partial charge on any atom is 0.135 e. The third kappa shape index (κ3) is 1.23. The Labute approximate surface area is 71.2 Å². The van der Waals surface area contributed by atoms with E-state index >= 15 is 0 Å². The number of aliphatic imine (C=N–C) groups is 1. The van der Waals surface area contributed by atoms with Gasteiger partial charge in [0.1, 0.15) is 11.5 Å². The van der Waals surface area contributed by atoms with Crippen LogP contribution in [-0.4, -0.2) is 6.21 Å². The van der Waals surface area contributed by atoms with E-state index in [-0.39, 0.29) is 0 Å². The first-order chi connectivity index (χ1) is 5.86. The number of ether oxygens (including phenoxy) is 1. The highest BCUT2D eigenvalue weighted by atomic mass is 16.5. The molecule has 1 aromatic rings. The standard InChI is InChI=1S/C10H9NO/c1-8-6-11-7-9-4-2-3-5-10(9)12-8/h2-7H,1H3. The Hall–Kier alpha value is -1.57. The molecule has 0 amide bonds. The van der Waals surface area contributed by atoms with E-state index in [2.05, 4.69) is 4.99 Å². The third-order valence-electron chi connectivity index (χ3n) is 1.66. The first kappa shape index (κ1) is 7.10. The maximum atomic E-state index is 5.49. The second kappa shape index (κ2) is 2.81. The van der Waals surface area contributed by atoms with Crippen molar-refractivity contribution in [3.05, 3.63) is 41.8 Å². The lowest BCUT2D eigenvalue weighted by Crippen LogP contribution is -1.91. The van der Waals surface area contributed by atoms with Crippen molar-refractivity contribution in [1.82, 2.24) is 0 Å². The van der Waals surface area contributed by atoms with Gasteiger partial charge in [0.15, 0.2) is 0 Å². The minimum Gasteiger partial charge on any atom is -0.460 e. The van der Waals surface area contributed by atoms with Gasteiger partial charge in [0.25, 0.3) is 0 Å². The Morgan fingerprint density at radius 2 is 2.08 bits per heavy atom. The molecule has 0 spiro atoms. The van der Waals surface area contributed by atoms with Crippen molar-refractivity contribution in [3.8, 4) is 5.75 Å². The molecule has 1 aromatic carbocycles. The van der Waals surface area contributed by atoms with E-state index in [1.807, 2.05) is 31.2 Å². The maximum absolute atomic E-state index is 5.49. The number of benzene rings is 1. The second-order valence-corrected chi connectivity index (χ2v) is 2.66. The van der Waals surface area contributed by atoms with E-state index < -0.39 is 0 Å². The summed E-state index contributed by atoms with van der Waals surface area (Å²) in [5.41, 5.74) is 1.02. The molecular weight excluding hydrogens is 150 g/mol. The molecule has 1 aliphatic heterocycles. The molecule has 0 unspecified atom stereocenters. The van der Waals surface area contributed by atoms with Crippen LogP contribution in [0.1, 0.15) is 12.5 Å². The molecule has 12 heavy (non-hydrogen) atoms. The van der Waals surface area contributed by atoms with Crippen molar-refractivity contribution >= 4 is 6.21 Å². The van der Waals surface area contributed by atoms with Gasteiger partial charge < -0.3 is 4.74 Å². The zero-order valence-electron chi connectivity index (χ0n) is 6.82. The number of hydrogen-bond acceptors (Lipinski definition) is 2. The van der Waals surface area contributed by atoms with Crippen LogP contribution in [0.5, 0.6) is 5.75 Å². The van der Waals surface area contributed by atoms with Crippen LogP contribution < -0.4 is 4.74 Å². The van der Waals surface area contributed by atoms with Crippen molar-refractivity contribution in [1.29, 1.82) is 0 Å². The van der Waals surface area contributed by atoms with E-state index in [9.17, 15) is 0 Å². The van der Waals surface area contributed by atoms with Gasteiger partial charge in [-0.05, 0) is 19.1 Å². The predicted octanol–water partition coefficient (Wildman–Crippen LogP) is 2.36. The zero-order valence-corrected chi connectivity index (χ0v) is 6.82. The molecule has 0 radical (unpaired) electrons. The van der Waals surface area contributed by atoms with Gasteiger partial charge in [0.2, 0.25) is 0 Å². The summed E-state index contributed by atoms with van der Waals surface area (Å²) in [4.78, 5) is 4.08. The topological polar surface area (TPSA) is 21.6 Å². The third-order valence-corrected chi connectivity index (χ3v) is 1.66. The van der Waals surface area contributed by atoms with Gasteiger partial charge in [-0.2, -0.15) is 0 Å². The number of allylic oxidation sites excluding steroid dienone is 1. The summed E-state index contributed by atoms with van der Waals surface area (Å²) in [5.74, 6) is 1.68. The monoisotopic (exact) mass is 159 g/mol. The van der Waals surface area contributed by atoms with Crippen molar-refractivity contribution in [2.24, 2.45) is 4.99 Å². The van der Waals surface area contributed by atoms with Gasteiger partial charge in [-0.15, -0.1) is 0 Å². The highest BCUT2D eigenvalue weighted by Crippen LogP contribution is 2.20. The molecule has 2 heteroatoms. The molecule has 0 N–H and O–H groups in total. The number of fused-ring (bicyclic) bond motifs is 1. The molecule has 1 aliphatic rings. The van der Waals surface area contributed by atoms with E-state index in [1.165, 1.54) is 0 Å². The highest BCUT2D eigenvalue weighted by molar-refractivity contribution is 5.84.